The first-order chi connectivity index (χ1) is 9.70. The van der Waals surface area contributed by atoms with Gasteiger partial charge in [0.05, 0.1) is 11.4 Å². The van der Waals surface area contributed by atoms with Crippen molar-refractivity contribution in [3.05, 3.63) is 45.7 Å². The molecule has 0 fully saturated rings. The van der Waals surface area contributed by atoms with E-state index in [1.165, 1.54) is 12.3 Å². The Bertz CT molecular complexity index is 817. The van der Waals surface area contributed by atoms with Crippen molar-refractivity contribution in [1.29, 1.82) is 0 Å². The van der Waals surface area contributed by atoms with Crippen molar-refractivity contribution in [1.82, 2.24) is 4.98 Å². The molecule has 0 aliphatic heterocycles. The first-order valence-corrected chi connectivity index (χ1v) is 7.94. The third-order valence-electron chi connectivity index (χ3n) is 2.39. The van der Waals surface area contributed by atoms with Gasteiger partial charge in [0.1, 0.15) is 16.5 Å². The number of hydrogen-bond donors (Lipinski definition) is 2. The number of pyridine rings is 1. The Morgan fingerprint density at radius 1 is 1.24 bits per heavy atom. The SMILES string of the molecule is Nc1cc(S(=O)(=O)Nc2cc(Br)cnc2Cl)c(F)cc1F. The first kappa shape index (κ1) is 15.9. The fourth-order valence-corrected chi connectivity index (χ4v) is 3.14. The van der Waals surface area contributed by atoms with Crippen LogP contribution in [-0.2, 0) is 10.0 Å². The van der Waals surface area contributed by atoms with Gasteiger partial charge >= 0.3 is 0 Å². The zero-order chi connectivity index (χ0) is 15.8. The Morgan fingerprint density at radius 3 is 2.57 bits per heavy atom. The minimum Gasteiger partial charge on any atom is -0.396 e. The number of nitrogens with one attached hydrogen (secondary N) is 1. The van der Waals surface area contributed by atoms with Crippen molar-refractivity contribution in [3.63, 3.8) is 0 Å². The second-order valence-electron chi connectivity index (χ2n) is 3.90. The van der Waals surface area contributed by atoms with E-state index in [0.29, 0.717) is 16.6 Å². The maximum Gasteiger partial charge on any atom is 0.264 e. The predicted octanol–water partition coefficient (Wildman–Crippen LogP) is 3.16. The van der Waals surface area contributed by atoms with Crippen LogP contribution < -0.4 is 10.5 Å². The quantitative estimate of drug-likeness (QED) is 0.614. The Morgan fingerprint density at radius 2 is 1.90 bits per heavy atom. The second-order valence-corrected chi connectivity index (χ2v) is 6.83. The molecule has 0 amide bonds. The zero-order valence-electron chi connectivity index (χ0n) is 10.1. The van der Waals surface area contributed by atoms with E-state index in [1.54, 1.807) is 0 Å². The molecule has 0 atom stereocenters. The molecule has 0 aliphatic carbocycles. The molecule has 1 aromatic carbocycles. The van der Waals surface area contributed by atoms with Crippen LogP contribution in [0.2, 0.25) is 5.15 Å². The number of anilines is 2. The fourth-order valence-electron chi connectivity index (χ4n) is 1.44. The molecule has 0 saturated heterocycles. The van der Waals surface area contributed by atoms with Gasteiger partial charge in [-0.1, -0.05) is 11.6 Å². The van der Waals surface area contributed by atoms with Crippen molar-refractivity contribution in [2.75, 3.05) is 10.5 Å². The van der Waals surface area contributed by atoms with E-state index < -0.39 is 32.2 Å². The molecule has 0 saturated carbocycles. The smallest absolute Gasteiger partial charge is 0.264 e. The lowest BCUT2D eigenvalue weighted by Gasteiger charge is -2.11. The van der Waals surface area contributed by atoms with Crippen LogP contribution in [0.4, 0.5) is 20.2 Å². The lowest BCUT2D eigenvalue weighted by Crippen LogP contribution is -2.16. The van der Waals surface area contributed by atoms with Crippen molar-refractivity contribution in [3.8, 4) is 0 Å². The molecule has 0 spiro atoms. The van der Waals surface area contributed by atoms with Gasteiger partial charge in [-0.3, -0.25) is 4.72 Å². The number of rotatable bonds is 3. The van der Waals surface area contributed by atoms with E-state index in [-0.39, 0.29) is 10.8 Å². The maximum atomic E-state index is 13.6. The molecule has 0 unspecified atom stereocenters. The highest BCUT2D eigenvalue weighted by molar-refractivity contribution is 9.10. The molecule has 0 bridgehead atoms. The molecule has 3 N–H and O–H groups in total. The number of nitrogens with zero attached hydrogens (tertiary/aromatic N) is 1. The van der Waals surface area contributed by atoms with E-state index in [4.69, 9.17) is 17.3 Å². The number of sulfonamides is 1. The molecule has 21 heavy (non-hydrogen) atoms. The Labute approximate surface area is 132 Å². The van der Waals surface area contributed by atoms with E-state index in [2.05, 4.69) is 25.6 Å². The summed E-state index contributed by atoms with van der Waals surface area (Å²) in [5.41, 5.74) is 4.70. The standard InChI is InChI=1S/C11H7BrClF2N3O2S/c12-5-1-9(11(13)17-4-5)18-21(19,20)10-3-8(16)6(14)2-7(10)15/h1-4,18H,16H2. The molecule has 0 aliphatic rings. The molecule has 1 heterocycles. The summed E-state index contributed by atoms with van der Waals surface area (Å²) in [5, 5.41) is -0.128. The van der Waals surface area contributed by atoms with E-state index >= 15 is 0 Å². The van der Waals surface area contributed by atoms with Crippen LogP contribution in [0, 0.1) is 11.6 Å². The van der Waals surface area contributed by atoms with Crippen LogP contribution in [-0.4, -0.2) is 13.4 Å². The molecule has 10 heteroatoms. The van der Waals surface area contributed by atoms with Crippen LogP contribution in [0.3, 0.4) is 0 Å². The first-order valence-electron chi connectivity index (χ1n) is 5.29. The lowest BCUT2D eigenvalue weighted by molar-refractivity contribution is 0.553. The largest absolute Gasteiger partial charge is 0.396 e. The number of benzene rings is 1. The van der Waals surface area contributed by atoms with Crippen molar-refractivity contribution >= 4 is 48.9 Å². The van der Waals surface area contributed by atoms with Gasteiger partial charge in [0, 0.05) is 16.7 Å². The van der Waals surface area contributed by atoms with Crippen LogP contribution in [0.25, 0.3) is 0 Å². The summed E-state index contributed by atoms with van der Waals surface area (Å²) in [4.78, 5) is 2.93. The van der Waals surface area contributed by atoms with Crippen LogP contribution in [0.5, 0.6) is 0 Å². The van der Waals surface area contributed by atoms with E-state index in [1.807, 2.05) is 0 Å². The zero-order valence-corrected chi connectivity index (χ0v) is 13.2. The highest BCUT2D eigenvalue weighted by Gasteiger charge is 2.22. The normalized spacial score (nSPS) is 11.4. The van der Waals surface area contributed by atoms with Crippen LogP contribution >= 0.6 is 27.5 Å². The van der Waals surface area contributed by atoms with Crippen molar-refractivity contribution in [2.24, 2.45) is 0 Å². The molecule has 2 rings (SSSR count). The Hall–Kier alpha value is -1.45. The molecular weight excluding hydrogens is 392 g/mol. The van der Waals surface area contributed by atoms with Crippen LogP contribution in [0.15, 0.2) is 33.8 Å². The van der Waals surface area contributed by atoms with Crippen molar-refractivity contribution < 1.29 is 17.2 Å². The monoisotopic (exact) mass is 397 g/mol. The predicted molar refractivity (Wildman–Crippen MR) is 78.5 cm³/mol. The highest BCUT2D eigenvalue weighted by Crippen LogP contribution is 2.27. The van der Waals surface area contributed by atoms with Crippen LogP contribution in [0.1, 0.15) is 0 Å². The summed E-state index contributed by atoms with van der Waals surface area (Å²) in [5.74, 6) is -2.32. The van der Waals surface area contributed by atoms with Gasteiger partial charge in [-0.05, 0) is 28.1 Å². The third-order valence-corrected chi connectivity index (χ3v) is 4.51. The van der Waals surface area contributed by atoms with E-state index in [0.717, 1.165) is 0 Å². The van der Waals surface area contributed by atoms with Gasteiger partial charge < -0.3 is 5.73 Å². The summed E-state index contributed by atoms with van der Waals surface area (Å²) in [6.45, 7) is 0. The van der Waals surface area contributed by atoms with Gasteiger partial charge in [-0.15, -0.1) is 0 Å². The molecule has 0 radical (unpaired) electrons. The van der Waals surface area contributed by atoms with Gasteiger partial charge in [0.25, 0.3) is 10.0 Å². The third kappa shape index (κ3) is 3.42. The minimum atomic E-state index is -4.34. The average Bonchev–Trinajstić information content (AvgIpc) is 2.37. The van der Waals surface area contributed by atoms with Gasteiger partial charge in [0.15, 0.2) is 5.15 Å². The fraction of sp³-hybridized carbons (Fsp3) is 0. The Balaban J connectivity index is 2.48. The topological polar surface area (TPSA) is 85.1 Å². The summed E-state index contributed by atoms with van der Waals surface area (Å²) < 4.78 is 53.5. The highest BCUT2D eigenvalue weighted by atomic mass is 79.9. The number of aromatic nitrogens is 1. The summed E-state index contributed by atoms with van der Waals surface area (Å²) in [7, 11) is -4.34. The number of nitrogen functional groups attached to an aromatic ring is 1. The second kappa shape index (κ2) is 5.74. The summed E-state index contributed by atoms with van der Waals surface area (Å²) >= 11 is 8.84. The van der Waals surface area contributed by atoms with Crippen molar-refractivity contribution in [2.45, 2.75) is 4.90 Å². The molecule has 2 aromatic rings. The average molecular weight is 399 g/mol. The lowest BCUT2D eigenvalue weighted by atomic mass is 10.3. The maximum absolute atomic E-state index is 13.6. The van der Waals surface area contributed by atoms with Gasteiger partial charge in [-0.25, -0.2) is 22.2 Å². The van der Waals surface area contributed by atoms with E-state index in [9.17, 15) is 17.2 Å². The number of halogens is 4. The number of nitrogens with two attached hydrogens (primary N) is 1. The Kier molecular flexibility index (Phi) is 4.35. The minimum absolute atomic E-state index is 0.0617. The summed E-state index contributed by atoms with van der Waals surface area (Å²) in [6.07, 6.45) is 1.36. The summed E-state index contributed by atoms with van der Waals surface area (Å²) in [6, 6.07) is 2.43. The van der Waals surface area contributed by atoms with Gasteiger partial charge in [0.2, 0.25) is 0 Å². The molecule has 1 aromatic heterocycles. The number of hydrogen-bond acceptors (Lipinski definition) is 4. The molecular formula is C11H7BrClF2N3O2S. The molecule has 112 valence electrons. The van der Waals surface area contributed by atoms with Gasteiger partial charge in [-0.2, -0.15) is 0 Å². The molecule has 5 nitrogen and oxygen atoms in total.